The lowest BCUT2D eigenvalue weighted by Gasteiger charge is -2.17. The quantitative estimate of drug-likeness (QED) is 0.622. The summed E-state index contributed by atoms with van der Waals surface area (Å²) in [5.41, 5.74) is 0.877. The Kier molecular flexibility index (Phi) is 5.57. The van der Waals surface area contributed by atoms with Crippen LogP contribution in [0.1, 0.15) is 18.4 Å². The molecule has 1 heterocycles. The van der Waals surface area contributed by atoms with Gasteiger partial charge >= 0.3 is 12.0 Å². The molecule has 0 bridgehead atoms. The van der Waals surface area contributed by atoms with Crippen LogP contribution in [0.2, 0.25) is 0 Å². The highest BCUT2D eigenvalue weighted by Gasteiger charge is 2.21. The van der Waals surface area contributed by atoms with Crippen molar-refractivity contribution < 1.29 is 14.7 Å². The molecule has 2 rings (SSSR count). The fourth-order valence-corrected chi connectivity index (χ4v) is 2.41. The molecule has 1 aliphatic heterocycles. The molecule has 0 radical (unpaired) electrons. The molecular weight excluding hydrogens is 270 g/mol. The van der Waals surface area contributed by atoms with Crippen molar-refractivity contribution in [1.82, 2.24) is 16.0 Å². The van der Waals surface area contributed by atoms with E-state index >= 15 is 0 Å². The van der Waals surface area contributed by atoms with Crippen molar-refractivity contribution >= 4 is 12.0 Å². The van der Waals surface area contributed by atoms with Gasteiger partial charge < -0.3 is 21.1 Å². The SMILES string of the molecule is O=C(NC[C@@H]1CCCN1)N[C@@H](Cc1ccccc1)C(=O)O. The maximum atomic E-state index is 11.8. The van der Waals surface area contributed by atoms with Crippen molar-refractivity contribution in [1.29, 1.82) is 0 Å². The number of amides is 2. The van der Waals surface area contributed by atoms with E-state index in [0.717, 1.165) is 24.9 Å². The second kappa shape index (κ2) is 7.64. The van der Waals surface area contributed by atoms with Crippen LogP contribution in [-0.4, -0.2) is 42.3 Å². The van der Waals surface area contributed by atoms with Gasteiger partial charge in [0.25, 0.3) is 0 Å². The number of carboxylic acids is 1. The van der Waals surface area contributed by atoms with Gasteiger partial charge in [0.1, 0.15) is 6.04 Å². The van der Waals surface area contributed by atoms with Gasteiger partial charge in [-0.3, -0.25) is 0 Å². The van der Waals surface area contributed by atoms with Gasteiger partial charge in [-0.25, -0.2) is 9.59 Å². The lowest BCUT2D eigenvalue weighted by atomic mass is 10.1. The summed E-state index contributed by atoms with van der Waals surface area (Å²) in [5, 5.41) is 17.7. The zero-order valence-electron chi connectivity index (χ0n) is 11.8. The molecule has 2 atom stereocenters. The maximum absolute atomic E-state index is 11.8. The third-order valence-corrected chi connectivity index (χ3v) is 3.56. The van der Waals surface area contributed by atoms with Crippen LogP contribution >= 0.6 is 0 Å². The van der Waals surface area contributed by atoms with Crippen molar-refractivity contribution in [3.8, 4) is 0 Å². The van der Waals surface area contributed by atoms with Gasteiger partial charge in [-0.05, 0) is 24.9 Å². The number of rotatable bonds is 6. The van der Waals surface area contributed by atoms with E-state index in [1.54, 1.807) is 0 Å². The first-order chi connectivity index (χ1) is 10.1. The van der Waals surface area contributed by atoms with Crippen LogP contribution in [0.5, 0.6) is 0 Å². The smallest absolute Gasteiger partial charge is 0.326 e. The van der Waals surface area contributed by atoms with Crippen molar-refractivity contribution in [3.63, 3.8) is 0 Å². The first-order valence-electron chi connectivity index (χ1n) is 7.19. The fourth-order valence-electron chi connectivity index (χ4n) is 2.41. The Morgan fingerprint density at radius 3 is 2.71 bits per heavy atom. The molecule has 1 aromatic carbocycles. The zero-order valence-corrected chi connectivity index (χ0v) is 11.8. The number of hydrogen-bond donors (Lipinski definition) is 4. The van der Waals surface area contributed by atoms with Crippen LogP contribution < -0.4 is 16.0 Å². The Labute approximate surface area is 123 Å². The molecule has 1 aromatic rings. The molecule has 114 valence electrons. The Bertz CT molecular complexity index is 472. The molecule has 1 aliphatic rings. The number of carbonyl (C=O) groups excluding carboxylic acids is 1. The molecule has 1 fully saturated rings. The van der Waals surface area contributed by atoms with E-state index < -0.39 is 18.0 Å². The Morgan fingerprint density at radius 2 is 2.10 bits per heavy atom. The predicted molar refractivity (Wildman–Crippen MR) is 79.1 cm³/mol. The summed E-state index contributed by atoms with van der Waals surface area (Å²) < 4.78 is 0. The van der Waals surface area contributed by atoms with E-state index in [2.05, 4.69) is 16.0 Å². The molecule has 6 nitrogen and oxygen atoms in total. The minimum atomic E-state index is -1.03. The highest BCUT2D eigenvalue weighted by Crippen LogP contribution is 2.04. The first-order valence-corrected chi connectivity index (χ1v) is 7.19. The Hall–Kier alpha value is -2.08. The molecule has 1 saturated heterocycles. The predicted octanol–water partition coefficient (Wildman–Crippen LogP) is 0.734. The van der Waals surface area contributed by atoms with Crippen LogP contribution in [-0.2, 0) is 11.2 Å². The van der Waals surface area contributed by atoms with Gasteiger partial charge in [0, 0.05) is 19.0 Å². The van der Waals surface area contributed by atoms with Crippen LogP contribution in [0.4, 0.5) is 4.79 Å². The van der Waals surface area contributed by atoms with Gasteiger partial charge in [-0.2, -0.15) is 0 Å². The van der Waals surface area contributed by atoms with Crippen molar-refractivity contribution in [3.05, 3.63) is 35.9 Å². The average molecular weight is 291 g/mol. The summed E-state index contributed by atoms with van der Waals surface area (Å²) >= 11 is 0. The second-order valence-electron chi connectivity index (χ2n) is 5.23. The first kappa shape index (κ1) is 15.3. The van der Waals surface area contributed by atoms with Gasteiger partial charge in [-0.1, -0.05) is 30.3 Å². The standard InChI is InChI=1S/C15H21N3O3/c19-14(20)13(9-11-5-2-1-3-6-11)18-15(21)17-10-12-7-4-8-16-12/h1-3,5-6,12-13,16H,4,7-10H2,(H,19,20)(H2,17,18,21)/t12-,13-/m0/s1. The van der Waals surface area contributed by atoms with E-state index in [1.807, 2.05) is 30.3 Å². The summed E-state index contributed by atoms with van der Waals surface area (Å²) in [6.45, 7) is 1.49. The van der Waals surface area contributed by atoms with Crippen LogP contribution in [0.3, 0.4) is 0 Å². The summed E-state index contributed by atoms with van der Waals surface area (Å²) in [6, 6.07) is 8.17. The third-order valence-electron chi connectivity index (χ3n) is 3.56. The van der Waals surface area contributed by atoms with Crippen LogP contribution in [0, 0.1) is 0 Å². The normalized spacial score (nSPS) is 19.0. The van der Waals surface area contributed by atoms with Gasteiger partial charge in [0.2, 0.25) is 0 Å². The molecule has 4 N–H and O–H groups in total. The number of urea groups is 1. The average Bonchev–Trinajstić information content (AvgIpc) is 2.99. The summed E-state index contributed by atoms with van der Waals surface area (Å²) in [5.74, 6) is -1.03. The molecule has 0 saturated carbocycles. The Morgan fingerprint density at radius 1 is 1.33 bits per heavy atom. The van der Waals surface area contributed by atoms with Gasteiger partial charge in [-0.15, -0.1) is 0 Å². The summed E-state index contributed by atoms with van der Waals surface area (Å²) in [7, 11) is 0. The molecule has 0 spiro atoms. The zero-order chi connectivity index (χ0) is 15.1. The minimum absolute atomic E-state index is 0.269. The topological polar surface area (TPSA) is 90.5 Å². The monoisotopic (exact) mass is 291 g/mol. The largest absolute Gasteiger partial charge is 0.480 e. The van der Waals surface area contributed by atoms with Gasteiger partial charge in [0.15, 0.2) is 0 Å². The summed E-state index contributed by atoms with van der Waals surface area (Å²) in [4.78, 5) is 23.0. The number of aliphatic carboxylic acids is 1. The molecule has 0 unspecified atom stereocenters. The molecule has 2 amide bonds. The van der Waals surface area contributed by atoms with Crippen molar-refractivity contribution in [2.24, 2.45) is 0 Å². The molecular formula is C15H21N3O3. The lowest BCUT2D eigenvalue weighted by Crippen LogP contribution is -2.49. The fraction of sp³-hybridized carbons (Fsp3) is 0.467. The maximum Gasteiger partial charge on any atom is 0.326 e. The van der Waals surface area contributed by atoms with Crippen molar-refractivity contribution in [2.75, 3.05) is 13.1 Å². The van der Waals surface area contributed by atoms with E-state index in [4.69, 9.17) is 0 Å². The lowest BCUT2D eigenvalue weighted by molar-refractivity contribution is -0.139. The third kappa shape index (κ3) is 5.07. The highest BCUT2D eigenvalue weighted by atomic mass is 16.4. The Balaban J connectivity index is 1.81. The van der Waals surface area contributed by atoms with E-state index in [1.165, 1.54) is 0 Å². The van der Waals surface area contributed by atoms with E-state index in [-0.39, 0.29) is 12.5 Å². The number of carbonyl (C=O) groups is 2. The van der Waals surface area contributed by atoms with E-state index in [0.29, 0.717) is 6.54 Å². The molecule has 21 heavy (non-hydrogen) atoms. The van der Waals surface area contributed by atoms with E-state index in [9.17, 15) is 14.7 Å². The molecule has 6 heteroatoms. The summed E-state index contributed by atoms with van der Waals surface area (Å²) in [6.07, 6.45) is 2.41. The molecule has 0 aliphatic carbocycles. The minimum Gasteiger partial charge on any atom is -0.480 e. The van der Waals surface area contributed by atoms with Gasteiger partial charge in [0.05, 0.1) is 0 Å². The van der Waals surface area contributed by atoms with Crippen LogP contribution in [0.15, 0.2) is 30.3 Å². The van der Waals surface area contributed by atoms with Crippen LogP contribution in [0.25, 0.3) is 0 Å². The highest BCUT2D eigenvalue weighted by molar-refractivity contribution is 5.82. The number of carboxylic acid groups (broad SMARTS) is 1. The number of nitrogens with one attached hydrogen (secondary N) is 3. The van der Waals surface area contributed by atoms with Crippen molar-refractivity contribution in [2.45, 2.75) is 31.3 Å². The molecule has 0 aromatic heterocycles. The second-order valence-corrected chi connectivity index (χ2v) is 5.23. The number of benzene rings is 1. The number of hydrogen-bond acceptors (Lipinski definition) is 3.